The molecule has 4 N–H and O–H groups in total. The predicted octanol–water partition coefficient (Wildman–Crippen LogP) is 5.79. The summed E-state index contributed by atoms with van der Waals surface area (Å²) in [5.74, 6) is -0.516. The van der Waals surface area contributed by atoms with Crippen molar-refractivity contribution in [2.24, 2.45) is 0 Å². The van der Waals surface area contributed by atoms with E-state index in [0.29, 0.717) is 29.3 Å². The number of hydrogen-bond acceptors (Lipinski definition) is 5. The Balaban J connectivity index is 1.38. The van der Waals surface area contributed by atoms with E-state index in [1.807, 2.05) is 6.07 Å². The molecule has 2 aromatic heterocycles. The fourth-order valence-corrected chi connectivity index (χ4v) is 5.78. The van der Waals surface area contributed by atoms with E-state index in [9.17, 15) is 18.0 Å². The molecule has 39 heavy (non-hydrogen) atoms. The molecule has 8 nitrogen and oxygen atoms in total. The highest BCUT2D eigenvalue weighted by molar-refractivity contribution is 6.35. The maximum Gasteiger partial charge on any atom is 0.416 e. The molecule has 2 radical (unpaired) electrons. The zero-order valence-electron chi connectivity index (χ0n) is 20.3. The number of nitrogen functional groups attached to an aromatic ring is 1. The Bertz CT molecular complexity index is 1540. The van der Waals surface area contributed by atoms with E-state index >= 15 is 4.39 Å². The van der Waals surface area contributed by atoms with E-state index in [2.05, 4.69) is 25.6 Å². The first-order valence-corrected chi connectivity index (χ1v) is 13.7. The number of amides is 2. The molecule has 4 aromatic rings. The second-order valence-electron chi connectivity index (χ2n) is 8.95. The van der Waals surface area contributed by atoms with Crippen molar-refractivity contribution in [3.05, 3.63) is 70.9 Å². The van der Waals surface area contributed by atoms with Crippen LogP contribution in [0.15, 0.2) is 48.8 Å². The van der Waals surface area contributed by atoms with Gasteiger partial charge in [-0.15, -0.1) is 0 Å². The molecule has 0 spiro atoms. The van der Waals surface area contributed by atoms with Gasteiger partial charge < -0.3 is 16.4 Å². The maximum absolute atomic E-state index is 15.1. The Morgan fingerprint density at radius 2 is 1.82 bits per heavy atom. The van der Waals surface area contributed by atoms with Crippen molar-refractivity contribution in [1.82, 2.24) is 19.5 Å². The SMILES string of the molecule is Nc1ncnn2c(CN3CC[Si]CC3)cc(-c3ccc(NC(=O)Nc4cc(C(F)(F)F)ccc4Cl)c(F)c3)c12. The van der Waals surface area contributed by atoms with Gasteiger partial charge in [-0.05, 0) is 67.1 Å². The number of alkyl halides is 3. The van der Waals surface area contributed by atoms with Crippen molar-refractivity contribution in [3.63, 3.8) is 0 Å². The second-order valence-corrected chi connectivity index (χ2v) is 10.9. The summed E-state index contributed by atoms with van der Waals surface area (Å²) in [4.78, 5) is 18.9. The Morgan fingerprint density at radius 3 is 2.54 bits per heavy atom. The maximum atomic E-state index is 15.1. The number of anilines is 3. The van der Waals surface area contributed by atoms with Crippen molar-refractivity contribution in [3.8, 4) is 11.1 Å². The molecule has 0 atom stereocenters. The van der Waals surface area contributed by atoms with E-state index in [0.717, 1.165) is 52.5 Å². The molecule has 1 aliphatic heterocycles. The van der Waals surface area contributed by atoms with Crippen molar-refractivity contribution >= 4 is 49.9 Å². The van der Waals surface area contributed by atoms with Crippen LogP contribution in [0, 0.1) is 5.82 Å². The Kier molecular flexibility index (Phi) is 7.47. The lowest BCUT2D eigenvalue weighted by Gasteiger charge is -2.25. The normalized spacial score (nSPS) is 14.5. The minimum absolute atomic E-state index is 0.102. The van der Waals surface area contributed by atoms with Gasteiger partial charge in [0.1, 0.15) is 17.7 Å². The highest BCUT2D eigenvalue weighted by Crippen LogP contribution is 2.35. The molecular formula is C25H22ClF4N7OSi. The third-order valence-electron chi connectivity index (χ3n) is 6.32. The molecule has 1 aliphatic rings. The number of benzene rings is 2. The van der Waals surface area contributed by atoms with Gasteiger partial charge in [0.05, 0.1) is 27.7 Å². The Hall–Kier alpha value is -3.68. The van der Waals surface area contributed by atoms with E-state index in [1.54, 1.807) is 10.6 Å². The molecule has 5 rings (SSSR count). The standard InChI is InChI=1S/C25H22ClF4N7OSi/c26-18-3-2-15(25(28,29)30)10-21(18)35-24(38)34-20-4-1-14(9-19(20)27)17-11-16(12-36-5-7-39-8-6-36)37-22(17)23(31)32-13-33-37/h1-4,9-11,13H,5-8,12H2,(H2,31,32,33)(H2,34,35,38). The lowest BCUT2D eigenvalue weighted by atomic mass is 10.1. The molecule has 2 aromatic carbocycles. The molecule has 0 aliphatic carbocycles. The number of nitrogens with one attached hydrogen (secondary N) is 2. The van der Waals surface area contributed by atoms with Gasteiger partial charge in [0, 0.05) is 21.6 Å². The molecule has 0 bridgehead atoms. The lowest BCUT2D eigenvalue weighted by molar-refractivity contribution is -0.137. The number of nitrogens with zero attached hydrogens (tertiary/aromatic N) is 4. The summed E-state index contributed by atoms with van der Waals surface area (Å²) in [6.45, 7) is 2.64. The number of fused-ring (bicyclic) bond motifs is 1. The molecule has 1 saturated heterocycles. The molecule has 202 valence electrons. The highest BCUT2D eigenvalue weighted by Gasteiger charge is 2.31. The number of halogens is 5. The second kappa shape index (κ2) is 10.8. The number of carbonyl (C=O) groups excluding carboxylic acids is 1. The number of rotatable bonds is 5. The van der Waals surface area contributed by atoms with Crippen LogP contribution in [-0.2, 0) is 12.7 Å². The monoisotopic (exact) mass is 575 g/mol. The van der Waals surface area contributed by atoms with Gasteiger partial charge in [-0.3, -0.25) is 4.90 Å². The van der Waals surface area contributed by atoms with Gasteiger partial charge in [-0.25, -0.2) is 18.7 Å². The highest BCUT2D eigenvalue weighted by atomic mass is 35.5. The molecule has 2 amide bonds. The van der Waals surface area contributed by atoms with E-state index in [1.165, 1.54) is 18.5 Å². The van der Waals surface area contributed by atoms with E-state index < -0.39 is 23.6 Å². The average molecular weight is 576 g/mol. The van der Waals surface area contributed by atoms with Crippen molar-refractivity contribution in [2.75, 3.05) is 29.5 Å². The Labute approximate surface area is 228 Å². The van der Waals surface area contributed by atoms with Gasteiger partial charge in [-0.1, -0.05) is 17.7 Å². The van der Waals surface area contributed by atoms with Crippen LogP contribution in [-0.4, -0.2) is 48.1 Å². The van der Waals surface area contributed by atoms with Crippen LogP contribution in [0.1, 0.15) is 11.3 Å². The van der Waals surface area contributed by atoms with E-state index in [4.69, 9.17) is 17.3 Å². The van der Waals surface area contributed by atoms with Gasteiger partial charge in [0.25, 0.3) is 0 Å². The summed E-state index contributed by atoms with van der Waals surface area (Å²) in [5.41, 5.74) is 7.30. The minimum atomic E-state index is -4.62. The zero-order valence-corrected chi connectivity index (χ0v) is 22.1. The summed E-state index contributed by atoms with van der Waals surface area (Å²) < 4.78 is 55.9. The molecule has 0 saturated carbocycles. The lowest BCUT2D eigenvalue weighted by Crippen LogP contribution is -2.31. The molecular weight excluding hydrogens is 554 g/mol. The van der Waals surface area contributed by atoms with Crippen LogP contribution >= 0.6 is 11.6 Å². The zero-order chi connectivity index (χ0) is 27.7. The third-order valence-corrected chi connectivity index (χ3v) is 7.81. The van der Waals surface area contributed by atoms with Gasteiger partial charge in [0.2, 0.25) is 0 Å². The molecule has 0 unspecified atom stereocenters. The van der Waals surface area contributed by atoms with Crippen LogP contribution in [0.2, 0.25) is 17.1 Å². The number of hydrogen-bond donors (Lipinski definition) is 3. The minimum Gasteiger partial charge on any atom is -0.382 e. The largest absolute Gasteiger partial charge is 0.416 e. The van der Waals surface area contributed by atoms with Crippen molar-refractivity contribution in [1.29, 1.82) is 0 Å². The van der Waals surface area contributed by atoms with E-state index in [-0.39, 0.29) is 22.2 Å². The molecule has 1 fully saturated rings. The van der Waals surface area contributed by atoms with Gasteiger partial charge in [-0.2, -0.15) is 18.3 Å². The molecule has 14 heteroatoms. The fraction of sp³-hybridized carbons (Fsp3) is 0.240. The number of nitrogens with two attached hydrogens (primary N) is 1. The number of urea groups is 1. The van der Waals surface area contributed by atoms with Crippen molar-refractivity contribution < 1.29 is 22.4 Å². The van der Waals surface area contributed by atoms with Crippen molar-refractivity contribution in [2.45, 2.75) is 24.8 Å². The first-order valence-electron chi connectivity index (χ1n) is 11.9. The van der Waals surface area contributed by atoms with Gasteiger partial charge >= 0.3 is 12.2 Å². The predicted molar refractivity (Wildman–Crippen MR) is 143 cm³/mol. The van der Waals surface area contributed by atoms with Crippen LogP contribution in [0.4, 0.5) is 39.5 Å². The fourth-order valence-electron chi connectivity index (χ4n) is 4.42. The summed E-state index contributed by atoms with van der Waals surface area (Å²) in [6, 6.07) is 9.96. The quantitative estimate of drug-likeness (QED) is 0.207. The Morgan fingerprint density at radius 1 is 1.08 bits per heavy atom. The average Bonchev–Trinajstić information content (AvgIpc) is 3.26. The first-order chi connectivity index (χ1) is 18.6. The van der Waals surface area contributed by atoms with Crippen LogP contribution in [0.25, 0.3) is 16.6 Å². The number of carbonyl (C=O) groups is 1. The summed E-state index contributed by atoms with van der Waals surface area (Å²) in [5, 5.41) is 8.79. The molecule has 3 heterocycles. The number of aromatic nitrogens is 3. The first kappa shape index (κ1) is 26.9. The van der Waals surface area contributed by atoms with Crippen LogP contribution < -0.4 is 16.4 Å². The summed E-state index contributed by atoms with van der Waals surface area (Å²) in [7, 11) is 0.971. The third kappa shape index (κ3) is 5.84. The summed E-state index contributed by atoms with van der Waals surface area (Å²) >= 11 is 5.93. The summed E-state index contributed by atoms with van der Waals surface area (Å²) in [6.07, 6.45) is -3.25. The van der Waals surface area contributed by atoms with Crippen LogP contribution in [0.5, 0.6) is 0 Å². The van der Waals surface area contributed by atoms with Gasteiger partial charge in [0.15, 0.2) is 5.82 Å². The van der Waals surface area contributed by atoms with Crippen LogP contribution in [0.3, 0.4) is 0 Å². The smallest absolute Gasteiger partial charge is 0.382 e. The topological polar surface area (TPSA) is 101 Å².